The van der Waals surface area contributed by atoms with Gasteiger partial charge in [0.25, 0.3) is 0 Å². The summed E-state index contributed by atoms with van der Waals surface area (Å²) < 4.78 is 5.73. The molecule has 5 nitrogen and oxygen atoms in total. The number of nitrogens with one attached hydrogen (secondary N) is 1. The van der Waals surface area contributed by atoms with Gasteiger partial charge in [-0.3, -0.25) is 4.84 Å². The van der Waals surface area contributed by atoms with Gasteiger partial charge >= 0.3 is 0 Å². The van der Waals surface area contributed by atoms with Gasteiger partial charge in [0.15, 0.2) is 0 Å². The van der Waals surface area contributed by atoms with Crippen LogP contribution in [-0.4, -0.2) is 30.4 Å². The van der Waals surface area contributed by atoms with Crippen molar-refractivity contribution >= 4 is 0 Å². The molecule has 0 atom stereocenters. The largest absolute Gasteiger partial charge is 0.471 e. The number of ether oxygens (including phenoxy) is 1. The fourth-order valence-corrected chi connectivity index (χ4v) is 2.23. The van der Waals surface area contributed by atoms with Gasteiger partial charge in [0.05, 0.1) is 23.9 Å². The highest BCUT2D eigenvalue weighted by Crippen LogP contribution is 2.34. The number of hydrogen-bond acceptors (Lipinski definition) is 5. The third-order valence-corrected chi connectivity index (χ3v) is 3.47. The van der Waals surface area contributed by atoms with E-state index in [1.807, 2.05) is 25.0 Å². The first-order valence-corrected chi connectivity index (χ1v) is 6.76. The van der Waals surface area contributed by atoms with Crippen molar-refractivity contribution in [1.29, 1.82) is 5.26 Å². The first-order chi connectivity index (χ1) is 9.07. The molecule has 0 radical (unpaired) electrons. The van der Waals surface area contributed by atoms with E-state index in [0.717, 1.165) is 18.1 Å². The van der Waals surface area contributed by atoms with Crippen LogP contribution in [0, 0.1) is 17.2 Å². The Kier molecular flexibility index (Phi) is 2.90. The summed E-state index contributed by atoms with van der Waals surface area (Å²) in [7, 11) is 0. The summed E-state index contributed by atoms with van der Waals surface area (Å²) in [4.78, 5) is 6.06. The second kappa shape index (κ2) is 4.46. The molecular formula is C14H19N3O2. The highest BCUT2D eigenvalue weighted by atomic mass is 16.7. The maximum atomic E-state index is 8.98. The number of allylic oxidation sites excluding steroid dienone is 1. The molecule has 1 fully saturated rings. The van der Waals surface area contributed by atoms with E-state index in [2.05, 4.69) is 11.4 Å². The van der Waals surface area contributed by atoms with Gasteiger partial charge in [-0.1, -0.05) is 0 Å². The van der Waals surface area contributed by atoms with Crippen molar-refractivity contribution in [2.75, 3.05) is 19.7 Å². The molecule has 19 heavy (non-hydrogen) atoms. The molecule has 5 heteroatoms. The van der Waals surface area contributed by atoms with Gasteiger partial charge in [0.2, 0.25) is 5.88 Å². The Morgan fingerprint density at radius 3 is 3.00 bits per heavy atom. The average molecular weight is 261 g/mol. The van der Waals surface area contributed by atoms with E-state index in [1.165, 1.54) is 12.8 Å². The van der Waals surface area contributed by atoms with Gasteiger partial charge < -0.3 is 10.1 Å². The predicted molar refractivity (Wildman–Crippen MR) is 69.3 cm³/mol. The minimum absolute atomic E-state index is 0.295. The van der Waals surface area contributed by atoms with Crippen molar-refractivity contribution in [2.24, 2.45) is 5.92 Å². The number of hydroxylamine groups is 2. The molecule has 1 aliphatic carbocycles. The van der Waals surface area contributed by atoms with Crippen molar-refractivity contribution in [3.63, 3.8) is 0 Å². The number of nitriles is 1. The molecule has 0 unspecified atom stereocenters. The molecule has 3 rings (SSSR count). The fourth-order valence-electron chi connectivity index (χ4n) is 2.23. The van der Waals surface area contributed by atoms with Crippen LogP contribution in [0.25, 0.3) is 0 Å². The van der Waals surface area contributed by atoms with Crippen molar-refractivity contribution < 1.29 is 9.57 Å². The molecule has 0 aromatic rings. The zero-order chi connectivity index (χ0) is 13.5. The molecule has 2 heterocycles. The Morgan fingerprint density at radius 2 is 2.32 bits per heavy atom. The molecule has 0 amide bonds. The summed E-state index contributed by atoms with van der Waals surface area (Å²) in [5.74, 6) is 1.42. The summed E-state index contributed by atoms with van der Waals surface area (Å²) in [5, 5.41) is 14.2. The predicted octanol–water partition coefficient (Wildman–Crippen LogP) is 1.66. The molecular weight excluding hydrogens is 242 g/mol. The monoisotopic (exact) mass is 261 g/mol. The topological polar surface area (TPSA) is 57.5 Å². The van der Waals surface area contributed by atoms with Gasteiger partial charge in [-0.2, -0.15) is 5.26 Å². The number of nitrogens with zero attached hydrogens (tertiary/aromatic N) is 2. The Morgan fingerprint density at radius 1 is 1.53 bits per heavy atom. The Labute approximate surface area is 113 Å². The summed E-state index contributed by atoms with van der Waals surface area (Å²) in [6, 6.07) is 2.15. The summed E-state index contributed by atoms with van der Waals surface area (Å²) in [6.07, 6.45) is 4.38. The molecule has 1 N–H and O–H groups in total. The standard InChI is InChI=1S/C14H19N3O2/c1-14(2)9-16-12-5-11(6-15)8-18-13(12)17(19-14)7-10-3-4-10/h5,10,16H,3-4,7-9H2,1-2H3. The van der Waals surface area contributed by atoms with E-state index in [0.29, 0.717) is 24.6 Å². The Bertz CT molecular complexity index is 483. The van der Waals surface area contributed by atoms with E-state index in [-0.39, 0.29) is 5.60 Å². The molecule has 1 saturated carbocycles. The molecule has 2 aliphatic heterocycles. The maximum absolute atomic E-state index is 8.98. The number of hydrogen-bond donors (Lipinski definition) is 1. The van der Waals surface area contributed by atoms with E-state index < -0.39 is 0 Å². The van der Waals surface area contributed by atoms with Crippen LogP contribution in [0.3, 0.4) is 0 Å². The lowest BCUT2D eigenvalue weighted by Crippen LogP contribution is -2.40. The Hall–Kier alpha value is -1.67. The molecule has 0 saturated heterocycles. The van der Waals surface area contributed by atoms with Crippen molar-refractivity contribution in [1.82, 2.24) is 10.4 Å². The van der Waals surface area contributed by atoms with Crippen LogP contribution in [0.15, 0.2) is 23.2 Å². The quantitative estimate of drug-likeness (QED) is 0.819. The highest BCUT2D eigenvalue weighted by molar-refractivity contribution is 5.35. The van der Waals surface area contributed by atoms with E-state index in [4.69, 9.17) is 14.8 Å². The lowest BCUT2D eigenvalue weighted by molar-refractivity contribution is -0.231. The fraction of sp³-hybridized carbons (Fsp3) is 0.643. The molecule has 0 aromatic carbocycles. The highest BCUT2D eigenvalue weighted by Gasteiger charge is 2.35. The van der Waals surface area contributed by atoms with Crippen molar-refractivity contribution in [3.05, 3.63) is 23.2 Å². The molecule has 102 valence electrons. The van der Waals surface area contributed by atoms with Gasteiger partial charge in [0.1, 0.15) is 12.2 Å². The molecule has 0 aromatic heterocycles. The third kappa shape index (κ3) is 2.69. The zero-order valence-electron chi connectivity index (χ0n) is 11.4. The van der Waals surface area contributed by atoms with Crippen LogP contribution in [0.1, 0.15) is 26.7 Å². The average Bonchev–Trinajstić information content (AvgIpc) is 3.19. The SMILES string of the molecule is CC1(C)CNC2=C(OCC(C#N)=C2)N(CC2CC2)O1. The summed E-state index contributed by atoms with van der Waals surface area (Å²) in [5.41, 5.74) is 1.20. The van der Waals surface area contributed by atoms with Crippen LogP contribution in [0.5, 0.6) is 0 Å². The normalized spacial score (nSPS) is 25.5. The van der Waals surface area contributed by atoms with Gasteiger partial charge in [-0.15, -0.1) is 0 Å². The first-order valence-electron chi connectivity index (χ1n) is 6.76. The molecule has 0 spiro atoms. The van der Waals surface area contributed by atoms with Gasteiger partial charge in [-0.05, 0) is 38.7 Å². The smallest absolute Gasteiger partial charge is 0.238 e. The van der Waals surface area contributed by atoms with Gasteiger partial charge in [-0.25, -0.2) is 5.06 Å². The first kappa shape index (κ1) is 12.4. The lowest BCUT2D eigenvalue weighted by atomic mass is 10.1. The van der Waals surface area contributed by atoms with E-state index in [1.54, 1.807) is 0 Å². The summed E-state index contributed by atoms with van der Waals surface area (Å²) in [6.45, 7) is 5.97. The van der Waals surface area contributed by atoms with Crippen molar-refractivity contribution in [3.8, 4) is 6.07 Å². The number of rotatable bonds is 2. The second-order valence-electron chi connectivity index (χ2n) is 6.00. The Balaban J connectivity index is 1.89. The maximum Gasteiger partial charge on any atom is 0.238 e. The minimum Gasteiger partial charge on any atom is -0.471 e. The molecule has 0 bridgehead atoms. The van der Waals surface area contributed by atoms with Crippen LogP contribution in [-0.2, 0) is 9.57 Å². The van der Waals surface area contributed by atoms with Crippen LogP contribution < -0.4 is 5.32 Å². The van der Waals surface area contributed by atoms with E-state index >= 15 is 0 Å². The van der Waals surface area contributed by atoms with Crippen LogP contribution in [0.2, 0.25) is 0 Å². The van der Waals surface area contributed by atoms with Crippen LogP contribution in [0.4, 0.5) is 0 Å². The zero-order valence-corrected chi connectivity index (χ0v) is 11.4. The third-order valence-electron chi connectivity index (χ3n) is 3.47. The lowest BCUT2D eigenvalue weighted by Gasteiger charge is -2.32. The van der Waals surface area contributed by atoms with Crippen LogP contribution >= 0.6 is 0 Å². The molecule has 3 aliphatic rings. The van der Waals surface area contributed by atoms with Gasteiger partial charge in [0, 0.05) is 6.54 Å². The second-order valence-corrected chi connectivity index (χ2v) is 6.00. The van der Waals surface area contributed by atoms with Crippen molar-refractivity contribution in [2.45, 2.75) is 32.3 Å². The van der Waals surface area contributed by atoms with E-state index in [9.17, 15) is 0 Å². The summed E-state index contributed by atoms with van der Waals surface area (Å²) >= 11 is 0. The minimum atomic E-state index is -0.295.